The Hall–Kier alpha value is -2.87. The van der Waals surface area contributed by atoms with Crippen LogP contribution in [-0.4, -0.2) is 71.3 Å². The van der Waals surface area contributed by atoms with Crippen LogP contribution in [0.3, 0.4) is 0 Å². The average Bonchev–Trinajstić information content (AvgIpc) is 3.46. The minimum atomic E-state index is -5.96. The van der Waals surface area contributed by atoms with Crippen LogP contribution in [0, 0.1) is 29.1 Å². The number of hydrogen-bond acceptors (Lipinski definition) is 5. The standard InChI is InChI=1S/C25H36F6N4O5/c1-11(2)13-8-9-35(15(13)20(38)33-14(10-12-6-7-12)16(36)19(32)37)22(40)18(23(3,4)5)34-21(39)17(24(26,27)28)25(29,30)31/h11-15,17-18H,6-10H2,1-5H3,(H2,32,37)(H,33,38)(H,34,39)/t13?,14?,15-,18+/m0/s1. The largest absolute Gasteiger partial charge is 0.409 e. The van der Waals surface area contributed by atoms with Crippen LogP contribution < -0.4 is 16.4 Å². The molecule has 4 atom stereocenters. The Labute approximate surface area is 227 Å². The fourth-order valence-electron chi connectivity index (χ4n) is 4.97. The molecular formula is C25H36F6N4O5. The van der Waals surface area contributed by atoms with Gasteiger partial charge in [-0.2, -0.15) is 26.3 Å². The number of primary amides is 1. The van der Waals surface area contributed by atoms with Crippen molar-refractivity contribution in [1.82, 2.24) is 15.5 Å². The first-order valence-corrected chi connectivity index (χ1v) is 13.0. The van der Waals surface area contributed by atoms with E-state index in [4.69, 9.17) is 5.73 Å². The van der Waals surface area contributed by atoms with Gasteiger partial charge >= 0.3 is 12.4 Å². The molecule has 228 valence electrons. The Morgan fingerprint density at radius 2 is 1.43 bits per heavy atom. The summed E-state index contributed by atoms with van der Waals surface area (Å²) in [6, 6.07) is -4.37. The fourth-order valence-corrected chi connectivity index (χ4v) is 4.97. The van der Waals surface area contributed by atoms with Gasteiger partial charge in [0.25, 0.3) is 5.91 Å². The van der Waals surface area contributed by atoms with Gasteiger partial charge in [0.2, 0.25) is 29.4 Å². The van der Waals surface area contributed by atoms with Crippen molar-refractivity contribution in [2.75, 3.05) is 6.54 Å². The second-order valence-electron chi connectivity index (χ2n) is 12.0. The number of Topliss-reactive ketones (excluding diaryl/α,β-unsaturated/α-hetero) is 1. The first kappa shape index (κ1) is 33.3. The van der Waals surface area contributed by atoms with Crippen molar-refractivity contribution in [2.45, 2.75) is 90.8 Å². The zero-order chi connectivity index (χ0) is 31.0. The molecule has 0 radical (unpaired) electrons. The predicted octanol–water partition coefficient (Wildman–Crippen LogP) is 2.47. The Kier molecular flexibility index (Phi) is 9.94. The SMILES string of the molecule is CC(C)C1CCN(C(=O)[C@@H](NC(=O)C(C(F)(F)F)C(F)(F)F)C(C)(C)C)[C@@H]1C(=O)NC(CC1CC1)C(=O)C(N)=O. The lowest BCUT2D eigenvalue weighted by atomic mass is 9.84. The van der Waals surface area contributed by atoms with Crippen molar-refractivity contribution in [3.8, 4) is 0 Å². The van der Waals surface area contributed by atoms with E-state index in [-0.39, 0.29) is 31.2 Å². The van der Waals surface area contributed by atoms with Crippen molar-refractivity contribution in [3.63, 3.8) is 0 Å². The number of alkyl halides is 6. The van der Waals surface area contributed by atoms with E-state index >= 15 is 0 Å². The maximum Gasteiger partial charge on any atom is 0.409 e. The molecular weight excluding hydrogens is 550 g/mol. The predicted molar refractivity (Wildman–Crippen MR) is 129 cm³/mol. The van der Waals surface area contributed by atoms with E-state index in [0.717, 1.165) is 17.7 Å². The molecule has 0 aromatic carbocycles. The van der Waals surface area contributed by atoms with Crippen molar-refractivity contribution in [2.24, 2.45) is 34.8 Å². The number of ketones is 1. The molecule has 0 spiro atoms. The molecule has 2 aliphatic rings. The van der Waals surface area contributed by atoms with Gasteiger partial charge in [0, 0.05) is 6.54 Å². The maximum atomic E-state index is 13.7. The molecule has 2 rings (SSSR count). The Morgan fingerprint density at radius 3 is 1.82 bits per heavy atom. The molecule has 9 nitrogen and oxygen atoms in total. The number of likely N-dealkylation sites (tertiary alicyclic amines) is 1. The molecule has 0 bridgehead atoms. The van der Waals surface area contributed by atoms with Crippen LogP contribution in [0.2, 0.25) is 0 Å². The number of nitrogens with two attached hydrogens (primary N) is 1. The molecule has 2 unspecified atom stereocenters. The minimum absolute atomic E-state index is 0.0821. The van der Waals surface area contributed by atoms with Crippen LogP contribution in [0.25, 0.3) is 0 Å². The summed E-state index contributed by atoms with van der Waals surface area (Å²) < 4.78 is 79.0. The normalized spacial score (nSPS) is 21.8. The highest BCUT2D eigenvalue weighted by Gasteiger charge is 2.62. The molecule has 1 saturated heterocycles. The van der Waals surface area contributed by atoms with E-state index in [0.29, 0.717) is 0 Å². The van der Waals surface area contributed by atoms with E-state index in [1.165, 1.54) is 20.8 Å². The fraction of sp³-hybridized carbons (Fsp3) is 0.800. The lowest BCUT2D eigenvalue weighted by Crippen LogP contribution is -2.61. The highest BCUT2D eigenvalue weighted by atomic mass is 19.4. The van der Waals surface area contributed by atoms with Crippen molar-refractivity contribution < 1.29 is 50.3 Å². The quantitative estimate of drug-likeness (QED) is 0.267. The highest BCUT2D eigenvalue weighted by molar-refractivity contribution is 6.37. The monoisotopic (exact) mass is 586 g/mol. The molecule has 1 saturated carbocycles. The van der Waals surface area contributed by atoms with Gasteiger partial charge in [0.05, 0.1) is 6.04 Å². The molecule has 0 aromatic rings. The summed E-state index contributed by atoms with van der Waals surface area (Å²) in [4.78, 5) is 64.4. The first-order chi connectivity index (χ1) is 18.1. The summed E-state index contributed by atoms with van der Waals surface area (Å²) in [5, 5.41) is 4.13. The number of carbonyl (C=O) groups excluding carboxylic acids is 5. The van der Waals surface area contributed by atoms with E-state index < -0.39 is 77.1 Å². The van der Waals surface area contributed by atoms with E-state index in [1.807, 2.05) is 0 Å². The third kappa shape index (κ3) is 8.09. The molecule has 1 aliphatic carbocycles. The summed E-state index contributed by atoms with van der Waals surface area (Å²) in [5.74, 6) is -11.6. The molecule has 15 heteroatoms. The molecule has 4 N–H and O–H groups in total. The number of amides is 4. The summed E-state index contributed by atoms with van der Waals surface area (Å²) in [5.41, 5.74) is 3.77. The van der Waals surface area contributed by atoms with Crippen LogP contribution in [0.15, 0.2) is 0 Å². The molecule has 1 aliphatic heterocycles. The molecule has 40 heavy (non-hydrogen) atoms. The third-order valence-corrected chi connectivity index (χ3v) is 7.31. The number of nitrogens with zero attached hydrogens (tertiary/aromatic N) is 1. The van der Waals surface area contributed by atoms with Crippen molar-refractivity contribution in [1.29, 1.82) is 0 Å². The van der Waals surface area contributed by atoms with Gasteiger partial charge in [-0.25, -0.2) is 0 Å². The van der Waals surface area contributed by atoms with Crippen LogP contribution in [0.4, 0.5) is 26.3 Å². The number of halogens is 6. The lowest BCUT2D eigenvalue weighted by molar-refractivity contribution is -0.274. The van der Waals surface area contributed by atoms with Crippen molar-refractivity contribution in [3.05, 3.63) is 0 Å². The number of nitrogens with one attached hydrogen (secondary N) is 2. The van der Waals surface area contributed by atoms with Crippen LogP contribution in [0.1, 0.15) is 60.3 Å². The maximum absolute atomic E-state index is 13.7. The topological polar surface area (TPSA) is 139 Å². The Balaban J connectivity index is 2.40. The van der Waals surface area contributed by atoms with Crippen molar-refractivity contribution >= 4 is 29.4 Å². The van der Waals surface area contributed by atoms with Gasteiger partial charge in [-0.1, -0.05) is 47.5 Å². The average molecular weight is 587 g/mol. The second-order valence-corrected chi connectivity index (χ2v) is 12.0. The second kappa shape index (κ2) is 11.9. The first-order valence-electron chi connectivity index (χ1n) is 13.0. The van der Waals surface area contributed by atoms with Gasteiger partial charge < -0.3 is 21.3 Å². The zero-order valence-corrected chi connectivity index (χ0v) is 22.9. The molecule has 0 aromatic heterocycles. The molecule has 2 fully saturated rings. The van der Waals surface area contributed by atoms with Gasteiger partial charge in [-0.05, 0) is 36.0 Å². The number of hydrogen-bond donors (Lipinski definition) is 3. The Morgan fingerprint density at radius 1 is 0.900 bits per heavy atom. The minimum Gasteiger partial charge on any atom is -0.363 e. The van der Waals surface area contributed by atoms with Gasteiger partial charge in [-0.3, -0.25) is 24.0 Å². The van der Waals surface area contributed by atoms with Gasteiger partial charge in [0.1, 0.15) is 12.1 Å². The lowest BCUT2D eigenvalue weighted by Gasteiger charge is -2.37. The summed E-state index contributed by atoms with van der Waals surface area (Å²) in [6.45, 7) is 7.46. The van der Waals surface area contributed by atoms with Crippen LogP contribution in [-0.2, 0) is 24.0 Å². The zero-order valence-electron chi connectivity index (χ0n) is 22.9. The molecule has 4 amide bonds. The number of rotatable bonds is 10. The van der Waals surface area contributed by atoms with Gasteiger partial charge in [-0.15, -0.1) is 0 Å². The van der Waals surface area contributed by atoms with Crippen LogP contribution in [0.5, 0.6) is 0 Å². The summed E-state index contributed by atoms with van der Waals surface area (Å²) >= 11 is 0. The highest BCUT2D eigenvalue weighted by Crippen LogP contribution is 2.40. The Bertz CT molecular complexity index is 989. The smallest absolute Gasteiger partial charge is 0.363 e. The number of carbonyl (C=O) groups is 5. The summed E-state index contributed by atoms with van der Waals surface area (Å²) in [7, 11) is 0. The molecule has 1 heterocycles. The van der Waals surface area contributed by atoms with E-state index in [9.17, 15) is 50.3 Å². The van der Waals surface area contributed by atoms with E-state index in [1.54, 1.807) is 19.2 Å². The van der Waals surface area contributed by atoms with Gasteiger partial charge in [0.15, 0.2) is 0 Å². The van der Waals surface area contributed by atoms with E-state index in [2.05, 4.69) is 5.32 Å². The third-order valence-electron chi connectivity index (χ3n) is 7.31. The van der Waals surface area contributed by atoms with Crippen LogP contribution >= 0.6 is 0 Å². The summed E-state index contributed by atoms with van der Waals surface area (Å²) in [6.07, 6.45) is -9.95.